The third kappa shape index (κ3) is 3.37. The summed E-state index contributed by atoms with van der Waals surface area (Å²) in [5.41, 5.74) is 1.91. The van der Waals surface area contributed by atoms with E-state index in [4.69, 9.17) is 18.8 Å². The second-order valence-corrected chi connectivity index (χ2v) is 6.56. The lowest BCUT2D eigenvalue weighted by molar-refractivity contribution is 0.00578. The van der Waals surface area contributed by atoms with Crippen LogP contribution in [0.1, 0.15) is 38.8 Å². The molecule has 0 amide bonds. The van der Waals surface area contributed by atoms with Crippen LogP contribution in [0.25, 0.3) is 12.2 Å². The highest BCUT2D eigenvalue weighted by Gasteiger charge is 2.52. The van der Waals surface area contributed by atoms with Gasteiger partial charge in [0.05, 0.1) is 11.2 Å². The fourth-order valence-electron chi connectivity index (χ4n) is 2.45. The van der Waals surface area contributed by atoms with Crippen molar-refractivity contribution in [2.75, 3.05) is 13.9 Å². The molecule has 0 N–H and O–H groups in total. The van der Waals surface area contributed by atoms with E-state index in [9.17, 15) is 0 Å². The summed E-state index contributed by atoms with van der Waals surface area (Å²) in [5, 5.41) is 0. The first-order valence-electron chi connectivity index (χ1n) is 7.66. The van der Waals surface area contributed by atoms with E-state index in [1.165, 1.54) is 0 Å². The minimum absolute atomic E-state index is 0.173. The van der Waals surface area contributed by atoms with Crippen LogP contribution in [0.3, 0.4) is 0 Å². The minimum Gasteiger partial charge on any atom is -0.468 e. The third-order valence-corrected chi connectivity index (χ3v) is 4.49. The summed E-state index contributed by atoms with van der Waals surface area (Å²) in [4.78, 5) is 0. The minimum atomic E-state index is -0.488. The van der Waals surface area contributed by atoms with Crippen molar-refractivity contribution in [1.82, 2.24) is 0 Å². The second kappa shape index (κ2) is 6.52. The lowest BCUT2D eigenvalue weighted by Crippen LogP contribution is -2.41. The van der Waals surface area contributed by atoms with E-state index < -0.39 is 18.3 Å². The van der Waals surface area contributed by atoms with Crippen molar-refractivity contribution in [1.29, 1.82) is 0 Å². The molecule has 0 spiro atoms. The molecule has 0 unspecified atom stereocenters. The van der Waals surface area contributed by atoms with E-state index in [0.29, 0.717) is 5.75 Å². The van der Waals surface area contributed by atoms with Gasteiger partial charge in [0, 0.05) is 7.11 Å². The summed E-state index contributed by atoms with van der Waals surface area (Å²) in [7, 11) is 1.10. The summed E-state index contributed by atoms with van der Waals surface area (Å²) in [6.07, 6.45) is 3.56. The highest BCUT2D eigenvalue weighted by molar-refractivity contribution is 6.63. The van der Waals surface area contributed by atoms with Crippen LogP contribution in [0, 0.1) is 0 Å². The molecule has 1 heterocycles. The smallest absolute Gasteiger partial charge is 0.468 e. The highest BCUT2D eigenvalue weighted by Crippen LogP contribution is 2.37. The highest BCUT2D eigenvalue weighted by atomic mass is 16.7. The van der Waals surface area contributed by atoms with Crippen LogP contribution in [0.4, 0.5) is 0 Å². The van der Waals surface area contributed by atoms with Crippen molar-refractivity contribution in [2.45, 2.75) is 38.9 Å². The summed E-state index contributed by atoms with van der Waals surface area (Å²) in [5.74, 6) is 0.678. The van der Waals surface area contributed by atoms with Crippen molar-refractivity contribution in [3.63, 3.8) is 0 Å². The van der Waals surface area contributed by atoms with Gasteiger partial charge in [-0.15, -0.1) is 0 Å². The van der Waals surface area contributed by atoms with Gasteiger partial charge < -0.3 is 18.8 Å². The Labute approximate surface area is 139 Å². The Morgan fingerprint density at radius 2 is 1.70 bits per heavy atom. The molecule has 0 atom stereocenters. The first-order chi connectivity index (χ1) is 10.8. The van der Waals surface area contributed by atoms with Crippen LogP contribution < -0.4 is 10.2 Å². The molecule has 1 saturated heterocycles. The van der Waals surface area contributed by atoms with Crippen molar-refractivity contribution in [3.05, 3.63) is 36.4 Å². The lowest BCUT2D eigenvalue weighted by Gasteiger charge is -2.32. The molecule has 23 heavy (non-hydrogen) atoms. The monoisotopic (exact) mass is 316 g/mol. The average Bonchev–Trinajstić information content (AvgIpc) is 2.72. The van der Waals surface area contributed by atoms with E-state index in [0.717, 1.165) is 16.6 Å². The SMILES string of the molecule is C=Cc1cc(OCOC)cc(B2OC(C)(C)C(C)(C)O2)c1C=C. The largest absolute Gasteiger partial charge is 0.495 e. The standard InChI is InChI=1S/C18H25BO4/c1-8-13-10-14(21-12-20-7)11-16(15(13)9-2)19-22-17(3,4)18(5,6)23-19/h8-11H,1-2,12H2,3-7H3. The zero-order valence-electron chi connectivity index (χ0n) is 14.6. The quantitative estimate of drug-likeness (QED) is 0.596. The summed E-state index contributed by atoms with van der Waals surface area (Å²) in [6.45, 7) is 16.1. The van der Waals surface area contributed by atoms with Gasteiger partial charge in [0.1, 0.15) is 5.75 Å². The van der Waals surface area contributed by atoms with Gasteiger partial charge in [0.2, 0.25) is 0 Å². The van der Waals surface area contributed by atoms with Crippen molar-refractivity contribution < 1.29 is 18.8 Å². The van der Waals surface area contributed by atoms with E-state index in [-0.39, 0.29) is 6.79 Å². The molecule has 0 radical (unpaired) electrons. The first-order valence-corrected chi connectivity index (χ1v) is 7.66. The Kier molecular flexibility index (Phi) is 5.04. The Hall–Kier alpha value is -1.56. The normalized spacial score (nSPS) is 18.7. The molecule has 1 aliphatic heterocycles. The summed E-state index contributed by atoms with van der Waals surface area (Å²) in [6, 6.07) is 3.81. The van der Waals surface area contributed by atoms with Crippen molar-refractivity contribution in [2.24, 2.45) is 0 Å². The molecule has 1 fully saturated rings. The van der Waals surface area contributed by atoms with Gasteiger partial charge in [-0.05, 0) is 56.4 Å². The number of ether oxygens (including phenoxy) is 2. The lowest BCUT2D eigenvalue weighted by atomic mass is 9.74. The van der Waals surface area contributed by atoms with Crippen LogP contribution in [0.5, 0.6) is 5.75 Å². The number of methoxy groups -OCH3 is 1. The topological polar surface area (TPSA) is 36.9 Å². The third-order valence-electron chi connectivity index (χ3n) is 4.49. The average molecular weight is 316 g/mol. The number of hydrogen-bond acceptors (Lipinski definition) is 4. The molecule has 0 aromatic heterocycles. The van der Waals surface area contributed by atoms with E-state index in [1.807, 2.05) is 39.8 Å². The molecule has 5 heteroatoms. The van der Waals surface area contributed by atoms with Gasteiger partial charge in [-0.1, -0.05) is 25.3 Å². The van der Waals surface area contributed by atoms with Crippen molar-refractivity contribution in [3.8, 4) is 5.75 Å². The Morgan fingerprint density at radius 1 is 1.09 bits per heavy atom. The second-order valence-electron chi connectivity index (χ2n) is 6.56. The number of rotatable bonds is 6. The van der Waals surface area contributed by atoms with Gasteiger partial charge >= 0.3 is 7.12 Å². The van der Waals surface area contributed by atoms with Gasteiger partial charge in [-0.3, -0.25) is 0 Å². The van der Waals surface area contributed by atoms with E-state index in [2.05, 4.69) is 13.2 Å². The molecule has 0 bridgehead atoms. The molecule has 2 rings (SSSR count). The van der Waals surface area contributed by atoms with E-state index >= 15 is 0 Å². The fourth-order valence-corrected chi connectivity index (χ4v) is 2.45. The number of hydrogen-bond donors (Lipinski definition) is 0. The van der Waals surface area contributed by atoms with E-state index in [1.54, 1.807) is 19.3 Å². The van der Waals surface area contributed by atoms with Crippen LogP contribution in [0.15, 0.2) is 25.3 Å². The maximum absolute atomic E-state index is 6.16. The molecule has 1 aromatic carbocycles. The molecular formula is C18H25BO4. The predicted molar refractivity (Wildman–Crippen MR) is 94.8 cm³/mol. The molecule has 1 aliphatic rings. The Morgan fingerprint density at radius 3 is 2.17 bits per heavy atom. The molecule has 0 aliphatic carbocycles. The fraction of sp³-hybridized carbons (Fsp3) is 0.444. The zero-order valence-corrected chi connectivity index (χ0v) is 14.6. The van der Waals surface area contributed by atoms with Gasteiger partial charge in [-0.2, -0.15) is 0 Å². The Balaban J connectivity index is 2.48. The van der Waals surface area contributed by atoms with Crippen LogP contribution in [0.2, 0.25) is 0 Å². The maximum Gasteiger partial charge on any atom is 0.495 e. The molecule has 124 valence electrons. The molecule has 1 aromatic rings. The predicted octanol–water partition coefficient (Wildman–Crippen LogP) is 3.25. The van der Waals surface area contributed by atoms with Gasteiger partial charge in [0.15, 0.2) is 6.79 Å². The molecule has 4 nitrogen and oxygen atoms in total. The summed E-state index contributed by atoms with van der Waals surface area (Å²) >= 11 is 0. The Bertz CT molecular complexity index is 591. The zero-order chi connectivity index (χ0) is 17.3. The molecule has 0 saturated carbocycles. The van der Waals surface area contributed by atoms with Gasteiger partial charge in [-0.25, -0.2) is 0 Å². The molecular weight excluding hydrogens is 291 g/mol. The van der Waals surface area contributed by atoms with Crippen molar-refractivity contribution >= 4 is 24.7 Å². The van der Waals surface area contributed by atoms with Gasteiger partial charge in [0.25, 0.3) is 0 Å². The maximum atomic E-state index is 6.16. The number of benzene rings is 1. The summed E-state index contributed by atoms with van der Waals surface area (Å²) < 4.78 is 22.9. The van der Waals surface area contributed by atoms with Crippen LogP contribution in [-0.4, -0.2) is 32.2 Å². The van der Waals surface area contributed by atoms with Crippen LogP contribution >= 0.6 is 0 Å². The van der Waals surface area contributed by atoms with Crippen LogP contribution in [-0.2, 0) is 14.0 Å². The first kappa shape index (κ1) is 17.8.